The summed E-state index contributed by atoms with van der Waals surface area (Å²) in [5.41, 5.74) is 0. The van der Waals surface area contributed by atoms with Gasteiger partial charge in [0.15, 0.2) is 6.29 Å². The molecule has 0 aromatic heterocycles. The number of ether oxygens (including phenoxy) is 3. The van der Waals surface area contributed by atoms with E-state index in [4.69, 9.17) is 54.9 Å². The molecule has 21 heteroatoms. The van der Waals surface area contributed by atoms with Crippen LogP contribution in [0.25, 0.3) is 0 Å². The Bertz CT molecular complexity index is 1130. The third kappa shape index (κ3) is 18.0. The highest BCUT2D eigenvalue weighted by Crippen LogP contribution is 2.57. The van der Waals surface area contributed by atoms with Gasteiger partial charge in [0.1, 0.15) is 42.7 Å². The number of hydrogen-bond donors (Lipinski definition) is 3. The van der Waals surface area contributed by atoms with E-state index in [-0.39, 0.29) is 46.2 Å². The molecule has 56 heavy (non-hydrogen) atoms. The smallest absolute Gasteiger partial charge is 0.394 e. The third-order valence-electron chi connectivity index (χ3n) is 8.72. The molecule has 0 aromatic rings. The zero-order valence-corrected chi connectivity index (χ0v) is 37.0. The van der Waals surface area contributed by atoms with Gasteiger partial charge in [0.05, 0.1) is 59.5 Å². The lowest BCUT2D eigenvalue weighted by molar-refractivity contribution is -0.313. The lowest BCUT2D eigenvalue weighted by Crippen LogP contribution is -2.61. The van der Waals surface area contributed by atoms with Gasteiger partial charge in [0.2, 0.25) is 0 Å². The summed E-state index contributed by atoms with van der Waals surface area (Å²) in [6.07, 6.45) is -4.31. The predicted molar refractivity (Wildman–Crippen MR) is 206 cm³/mol. The molecule has 2 fully saturated rings. The van der Waals surface area contributed by atoms with E-state index in [9.17, 15) is 29.0 Å². The standard InChI is InChI=1S/C35H71O18P3/c1-7-13-19-43-54(39,44-20-14-8-2)51-30-27-42-28(25-36)32(30)50-35-31(38)34(53-56(41,47-23-17-11-5)48-24-18-12-6)33(29(26-37)49-35)52-55(40,45-21-15-9-3)46-22-16-10-4/h28-38H,7-27H2,1-6H3/t28-,29-,30+,31-,32?,33-,34-,35-/m1/s1. The van der Waals surface area contributed by atoms with Gasteiger partial charge in [0.25, 0.3) is 0 Å². The molecule has 2 rings (SSSR count). The Balaban J connectivity index is 2.55. The second kappa shape index (κ2) is 28.6. The summed E-state index contributed by atoms with van der Waals surface area (Å²) in [4.78, 5) is 0. The van der Waals surface area contributed by atoms with Crippen LogP contribution in [0.5, 0.6) is 0 Å². The molecule has 0 aromatic carbocycles. The SMILES string of the molecule is CCCCOP(=O)(OCCCC)O[C@@H]1[C@@H](O)[C@@H](OC2[C@@H](OP(=O)(OCCCC)OCCCC)CO[C@@H]2CO)O[C@H](CO)[C@H]1OP(=O)(OCCCC)OCCCC. The van der Waals surface area contributed by atoms with Crippen LogP contribution in [0.15, 0.2) is 0 Å². The highest BCUT2D eigenvalue weighted by atomic mass is 31.2. The number of aliphatic hydroxyl groups excluding tert-OH is 3. The first kappa shape index (κ1) is 52.2. The minimum atomic E-state index is -4.49. The van der Waals surface area contributed by atoms with Crippen LogP contribution in [-0.2, 0) is 68.6 Å². The maximum absolute atomic E-state index is 14.2. The Labute approximate surface area is 334 Å². The summed E-state index contributed by atoms with van der Waals surface area (Å²) in [7, 11) is -13.1. The monoisotopic (exact) mass is 872 g/mol. The average molecular weight is 873 g/mol. The van der Waals surface area contributed by atoms with Gasteiger partial charge in [-0.15, -0.1) is 0 Å². The normalized spacial score (nSPS) is 26.3. The molecule has 2 aliphatic heterocycles. The molecule has 0 amide bonds. The molecule has 1 unspecified atom stereocenters. The number of hydrogen-bond acceptors (Lipinski definition) is 18. The number of rotatable bonds is 34. The predicted octanol–water partition coefficient (Wildman–Crippen LogP) is 7.22. The fourth-order valence-corrected chi connectivity index (χ4v) is 9.62. The molecule has 8 atom stereocenters. The van der Waals surface area contributed by atoms with Crippen LogP contribution >= 0.6 is 23.5 Å². The van der Waals surface area contributed by atoms with E-state index >= 15 is 0 Å². The van der Waals surface area contributed by atoms with Crippen molar-refractivity contribution in [2.24, 2.45) is 0 Å². The topological polar surface area (TPSA) is 223 Å². The largest absolute Gasteiger partial charge is 0.475 e. The minimum absolute atomic E-state index is 0.00955. The first-order valence-corrected chi connectivity index (χ1v) is 24.8. The van der Waals surface area contributed by atoms with Gasteiger partial charge in [-0.25, -0.2) is 13.7 Å². The van der Waals surface area contributed by atoms with Crippen molar-refractivity contribution in [2.75, 3.05) is 59.5 Å². The Morgan fingerprint density at radius 2 is 0.875 bits per heavy atom. The van der Waals surface area contributed by atoms with Crippen LogP contribution in [0.4, 0.5) is 0 Å². The summed E-state index contributed by atoms with van der Waals surface area (Å²) < 4.78 is 112. The molecule has 3 N–H and O–H groups in total. The number of phosphoric acid groups is 3. The molecule has 2 heterocycles. The molecule has 0 radical (unpaired) electrons. The van der Waals surface area contributed by atoms with Crippen LogP contribution in [0.2, 0.25) is 0 Å². The van der Waals surface area contributed by atoms with Crippen molar-refractivity contribution in [3.05, 3.63) is 0 Å². The van der Waals surface area contributed by atoms with Crippen LogP contribution in [0.3, 0.4) is 0 Å². The molecule has 18 nitrogen and oxygen atoms in total. The first-order chi connectivity index (χ1) is 26.9. The molecule has 2 aliphatic rings. The van der Waals surface area contributed by atoms with E-state index in [2.05, 4.69) is 0 Å². The summed E-state index contributed by atoms with van der Waals surface area (Å²) >= 11 is 0. The van der Waals surface area contributed by atoms with E-state index < -0.39 is 85.7 Å². The molecule has 0 saturated carbocycles. The van der Waals surface area contributed by atoms with E-state index in [1.54, 1.807) is 0 Å². The molecule has 0 bridgehead atoms. The molecule has 0 spiro atoms. The number of unbranched alkanes of at least 4 members (excludes halogenated alkanes) is 6. The van der Waals surface area contributed by atoms with Gasteiger partial charge in [0, 0.05) is 0 Å². The van der Waals surface area contributed by atoms with Gasteiger partial charge in [-0.05, 0) is 38.5 Å². The first-order valence-electron chi connectivity index (χ1n) is 20.5. The second-order valence-electron chi connectivity index (χ2n) is 13.6. The van der Waals surface area contributed by atoms with Crippen LogP contribution in [0, 0.1) is 0 Å². The van der Waals surface area contributed by atoms with E-state index in [0.29, 0.717) is 64.2 Å². The van der Waals surface area contributed by atoms with E-state index in [1.165, 1.54) is 0 Å². The quantitative estimate of drug-likeness (QED) is 0.0429. The van der Waals surface area contributed by atoms with Crippen molar-refractivity contribution in [3.8, 4) is 0 Å². The van der Waals surface area contributed by atoms with Gasteiger partial charge in [-0.2, -0.15) is 0 Å². The Morgan fingerprint density at radius 1 is 0.518 bits per heavy atom. The lowest BCUT2D eigenvalue weighted by Gasteiger charge is -2.45. The van der Waals surface area contributed by atoms with Gasteiger partial charge >= 0.3 is 23.5 Å². The molecular weight excluding hydrogens is 801 g/mol. The van der Waals surface area contributed by atoms with Crippen molar-refractivity contribution in [1.82, 2.24) is 0 Å². The highest BCUT2D eigenvalue weighted by molar-refractivity contribution is 7.49. The maximum atomic E-state index is 14.2. The summed E-state index contributed by atoms with van der Waals surface area (Å²) in [5.74, 6) is 0. The van der Waals surface area contributed by atoms with E-state index in [1.807, 2.05) is 41.5 Å². The molecule has 334 valence electrons. The number of phosphoric ester groups is 3. The van der Waals surface area contributed by atoms with Crippen molar-refractivity contribution in [1.29, 1.82) is 0 Å². The minimum Gasteiger partial charge on any atom is -0.394 e. The Hall–Kier alpha value is 0.0900. The zero-order chi connectivity index (χ0) is 41.5. The van der Waals surface area contributed by atoms with Crippen LogP contribution in [0.1, 0.15) is 119 Å². The maximum Gasteiger partial charge on any atom is 0.475 e. The van der Waals surface area contributed by atoms with E-state index in [0.717, 1.165) is 12.8 Å². The van der Waals surface area contributed by atoms with Gasteiger partial charge in [-0.1, -0.05) is 80.1 Å². The summed E-state index contributed by atoms with van der Waals surface area (Å²) in [6.45, 7) is 10.2. The Morgan fingerprint density at radius 3 is 1.23 bits per heavy atom. The van der Waals surface area contributed by atoms with Crippen molar-refractivity contribution >= 4 is 23.5 Å². The Kier molecular flexibility index (Phi) is 26.7. The zero-order valence-electron chi connectivity index (χ0n) is 34.3. The molecule has 2 saturated heterocycles. The fourth-order valence-electron chi connectivity index (χ4n) is 5.31. The van der Waals surface area contributed by atoms with Crippen molar-refractivity contribution < 1.29 is 83.9 Å². The van der Waals surface area contributed by atoms with Gasteiger partial charge in [-0.3, -0.25) is 40.7 Å². The fraction of sp³-hybridized carbons (Fsp3) is 1.00. The highest BCUT2D eigenvalue weighted by Gasteiger charge is 2.55. The molecular formula is C35H71O18P3. The second-order valence-corrected chi connectivity index (χ2v) is 18.5. The summed E-state index contributed by atoms with van der Waals surface area (Å²) in [6, 6.07) is 0. The number of aliphatic hydroxyl groups is 3. The lowest BCUT2D eigenvalue weighted by atomic mass is 9.99. The third-order valence-corrected chi connectivity index (χ3v) is 13.2. The van der Waals surface area contributed by atoms with Crippen molar-refractivity contribution in [3.63, 3.8) is 0 Å². The van der Waals surface area contributed by atoms with Crippen LogP contribution in [-0.4, -0.2) is 124 Å². The average Bonchev–Trinajstić information content (AvgIpc) is 3.54. The molecule has 0 aliphatic carbocycles. The summed E-state index contributed by atoms with van der Waals surface area (Å²) in [5, 5.41) is 32.9. The van der Waals surface area contributed by atoms with Gasteiger partial charge < -0.3 is 29.5 Å². The van der Waals surface area contributed by atoms with Crippen LogP contribution < -0.4 is 0 Å². The van der Waals surface area contributed by atoms with Crippen molar-refractivity contribution in [2.45, 2.75) is 168 Å².